The van der Waals surface area contributed by atoms with Crippen LogP contribution in [0.15, 0.2) is 221 Å². The van der Waals surface area contributed by atoms with Crippen molar-refractivity contribution in [3.63, 3.8) is 0 Å². The molecule has 0 aromatic heterocycles. The lowest BCUT2D eigenvalue weighted by Crippen LogP contribution is -1.97. The van der Waals surface area contributed by atoms with Gasteiger partial charge in [-0.1, -0.05) is 275 Å². The second-order valence-corrected chi connectivity index (χ2v) is 36.2. The number of hydrogen-bond donors (Lipinski definition) is 1. The van der Waals surface area contributed by atoms with Crippen molar-refractivity contribution in [2.75, 3.05) is 6.61 Å². The van der Waals surface area contributed by atoms with Crippen LogP contribution in [0.1, 0.15) is 448 Å². The largest absolute Gasteiger partial charge is 0.396 e. The highest BCUT2D eigenvalue weighted by molar-refractivity contribution is 5.16. The maximum atomic E-state index is 9.12. The van der Waals surface area contributed by atoms with E-state index in [1.54, 1.807) is 16.7 Å². The molecule has 1 nitrogen and oxygen atoms in total. The van der Waals surface area contributed by atoms with Crippen molar-refractivity contribution in [3.8, 4) is 0 Å². The zero-order chi connectivity index (χ0) is 82.7. The minimum absolute atomic E-state index is 0.308. The molecule has 0 aliphatic carbocycles. The van der Waals surface area contributed by atoms with Gasteiger partial charge in [0.05, 0.1) is 0 Å². The van der Waals surface area contributed by atoms with Crippen LogP contribution in [0.2, 0.25) is 0 Å². The van der Waals surface area contributed by atoms with E-state index in [0.29, 0.717) is 12.5 Å². The predicted octanol–water partition coefficient (Wildman–Crippen LogP) is 37.4. The normalized spacial score (nSPS) is 15.7. The van der Waals surface area contributed by atoms with E-state index in [1.807, 2.05) is 0 Å². The molecule has 0 amide bonds. The van der Waals surface area contributed by atoms with E-state index in [4.69, 9.17) is 5.11 Å². The molecule has 0 saturated carbocycles. The molecule has 1 heteroatoms. The van der Waals surface area contributed by atoms with Crippen LogP contribution < -0.4 is 0 Å². The molecule has 0 saturated heterocycles. The first-order valence-electron chi connectivity index (χ1n) is 46.1. The van der Waals surface area contributed by atoms with Gasteiger partial charge in [0.25, 0.3) is 0 Å². The van der Waals surface area contributed by atoms with Gasteiger partial charge in [-0.15, -0.1) is 0 Å². The molecule has 0 heterocycles. The van der Waals surface area contributed by atoms with Crippen molar-refractivity contribution in [1.82, 2.24) is 0 Å². The van der Waals surface area contributed by atoms with Crippen molar-refractivity contribution in [1.29, 1.82) is 0 Å². The van der Waals surface area contributed by atoms with Gasteiger partial charge in [-0.25, -0.2) is 0 Å². The maximum Gasteiger partial charge on any atom is 0.0433 e. The molecule has 2 unspecified atom stereocenters. The molecular formula is C110H184O. The van der Waals surface area contributed by atoms with Gasteiger partial charge < -0.3 is 5.11 Å². The molecule has 0 aliphatic heterocycles. The molecule has 0 rings (SSSR count). The second kappa shape index (κ2) is 71.6. The summed E-state index contributed by atoms with van der Waals surface area (Å²) in [5.74, 6) is 2.33. The number of hydrogen-bond acceptors (Lipinski definition) is 1. The fourth-order valence-electron chi connectivity index (χ4n) is 14.5. The van der Waals surface area contributed by atoms with Gasteiger partial charge in [0.1, 0.15) is 0 Å². The number of rotatable bonds is 67. The van der Waals surface area contributed by atoms with Crippen molar-refractivity contribution >= 4 is 0 Å². The Bertz CT molecular complexity index is 3080. The summed E-state index contributed by atoms with van der Waals surface area (Å²) in [7, 11) is 0. The molecule has 0 fully saturated rings. The Morgan fingerprint density at radius 3 is 0.450 bits per heavy atom. The molecular weight excluding hydrogens is 1340 g/mol. The van der Waals surface area contributed by atoms with Gasteiger partial charge in [-0.3, -0.25) is 0 Å². The quantitative estimate of drug-likeness (QED) is 0.0602. The molecule has 111 heavy (non-hydrogen) atoms. The van der Waals surface area contributed by atoms with Crippen LogP contribution in [0.3, 0.4) is 0 Å². The zero-order valence-corrected chi connectivity index (χ0v) is 78.2. The smallest absolute Gasteiger partial charge is 0.0433 e. The topological polar surface area (TPSA) is 20.2 Å². The third-order valence-corrected chi connectivity index (χ3v) is 23.1. The molecule has 0 aromatic rings. The summed E-state index contributed by atoms with van der Waals surface area (Å²) < 4.78 is 0. The van der Waals surface area contributed by atoms with Crippen LogP contribution in [0.5, 0.6) is 0 Å². The predicted molar refractivity (Wildman–Crippen MR) is 509 cm³/mol. The molecule has 0 radical (unpaired) electrons. The van der Waals surface area contributed by atoms with Crippen LogP contribution in [-0.4, -0.2) is 11.7 Å². The molecule has 0 aliphatic rings. The fraction of sp³-hybridized carbons (Fsp3) is 0.655. The van der Waals surface area contributed by atoms with Gasteiger partial charge in [0.2, 0.25) is 0 Å². The highest BCUT2D eigenvalue weighted by atomic mass is 16.3. The Labute approximate surface area is 694 Å². The van der Waals surface area contributed by atoms with Crippen LogP contribution in [0, 0.1) is 17.8 Å². The van der Waals surface area contributed by atoms with E-state index in [2.05, 4.69) is 275 Å². The summed E-state index contributed by atoms with van der Waals surface area (Å²) in [6.45, 7) is 53.8. The highest BCUT2D eigenvalue weighted by Crippen LogP contribution is 2.25. The van der Waals surface area contributed by atoms with Crippen LogP contribution in [0.4, 0.5) is 0 Å². The summed E-state index contributed by atoms with van der Waals surface area (Å²) >= 11 is 0. The monoisotopic (exact) mass is 1520 g/mol. The van der Waals surface area contributed by atoms with Crippen LogP contribution in [0.25, 0.3) is 0 Å². The molecule has 0 aromatic carbocycles. The van der Waals surface area contributed by atoms with Crippen LogP contribution >= 0.6 is 0 Å². The lowest BCUT2D eigenvalue weighted by Gasteiger charge is -2.12. The SMILES string of the molecule is CC(=CCCC(C)=CCCC(C)=CCCC(C)=CCCC(C)=CCCC(C)=CCCC(C)=CCCC(C)=CCCC(C)=CCCC(C)=CCCC(C)CCO)CCC=C(C)CCC=C(C)CCC=C(C)CCC=C(C)CCC=C(C)CCC=C(C)CCC=C(C)CCC=C(C)CCC=C(C)CCCC(C)CCCC(C)C. The third kappa shape index (κ3) is 72.5. The van der Waals surface area contributed by atoms with Crippen molar-refractivity contribution in [3.05, 3.63) is 221 Å². The standard InChI is InChI=1S/C110H184O/c1-89(2)45-24-46-90(3)47-25-48-91(4)49-26-50-92(5)51-27-52-93(6)53-28-54-94(7)55-29-56-95(8)57-30-58-96(9)59-31-60-97(10)61-32-62-98(11)63-33-64-99(12)65-34-66-100(13)67-35-68-101(14)69-36-70-102(15)71-37-72-103(16)73-38-74-104(17)75-39-76-105(18)77-40-78-106(19)79-41-80-107(20)81-42-82-108(21)83-43-84-109(22)85-44-86-110(23)87-88-111/h49,51,53,55,57,59,61,63,65,67,69,71,73,75,77,79,81,83,85,89-90,110-111H,24-48,50,52,54,56,58,60,62,64,66,68,70,72,74,76,78,80,82,84,86-88H2,1-23H3. The second-order valence-electron chi connectivity index (χ2n) is 36.2. The Kier molecular flexibility index (Phi) is 68.3. The van der Waals surface area contributed by atoms with E-state index >= 15 is 0 Å². The summed E-state index contributed by atoms with van der Waals surface area (Å²) in [5.41, 5.74) is 29.1. The van der Waals surface area contributed by atoms with Crippen molar-refractivity contribution < 1.29 is 5.11 Å². The Balaban J connectivity index is 4.35. The minimum Gasteiger partial charge on any atom is -0.396 e. The first-order chi connectivity index (χ1) is 53.0. The molecule has 2 atom stereocenters. The Hall–Kier alpha value is -4.98. The summed E-state index contributed by atoms with van der Waals surface area (Å²) in [6, 6.07) is 0. The fourth-order valence-corrected chi connectivity index (χ4v) is 14.5. The number of aliphatic hydroxyl groups is 1. The zero-order valence-electron chi connectivity index (χ0n) is 78.2. The molecule has 0 bridgehead atoms. The Morgan fingerprint density at radius 1 is 0.162 bits per heavy atom. The molecule has 1 N–H and O–H groups in total. The van der Waals surface area contributed by atoms with E-state index in [-0.39, 0.29) is 0 Å². The van der Waals surface area contributed by atoms with Gasteiger partial charge >= 0.3 is 0 Å². The lowest BCUT2D eigenvalue weighted by molar-refractivity contribution is 0.259. The van der Waals surface area contributed by atoms with Gasteiger partial charge in [-0.2, -0.15) is 0 Å². The Morgan fingerprint density at radius 2 is 0.297 bits per heavy atom. The van der Waals surface area contributed by atoms with Crippen molar-refractivity contribution in [2.45, 2.75) is 448 Å². The van der Waals surface area contributed by atoms with E-state index in [1.165, 1.54) is 250 Å². The van der Waals surface area contributed by atoms with Crippen molar-refractivity contribution in [2.24, 2.45) is 17.8 Å². The summed E-state index contributed by atoms with van der Waals surface area (Å²) in [4.78, 5) is 0. The van der Waals surface area contributed by atoms with E-state index < -0.39 is 0 Å². The average molecular weight is 1520 g/mol. The lowest BCUT2D eigenvalue weighted by atomic mass is 9.94. The molecule has 0 spiro atoms. The summed E-state index contributed by atoms with van der Waals surface area (Å²) in [6.07, 6.45) is 100. The van der Waals surface area contributed by atoms with Gasteiger partial charge in [0.15, 0.2) is 0 Å². The number of aliphatic hydroxyl groups excluding tert-OH is 1. The van der Waals surface area contributed by atoms with Crippen LogP contribution in [-0.2, 0) is 0 Å². The average Bonchev–Trinajstić information content (AvgIpc) is 1.08. The molecule has 630 valence electrons. The third-order valence-electron chi connectivity index (χ3n) is 23.1. The van der Waals surface area contributed by atoms with Gasteiger partial charge in [0, 0.05) is 6.61 Å². The van der Waals surface area contributed by atoms with E-state index in [9.17, 15) is 0 Å². The van der Waals surface area contributed by atoms with Gasteiger partial charge in [-0.05, 0) is 413 Å². The van der Waals surface area contributed by atoms with E-state index in [0.717, 1.165) is 140 Å². The summed E-state index contributed by atoms with van der Waals surface area (Å²) in [5, 5.41) is 9.12. The first-order valence-corrected chi connectivity index (χ1v) is 46.1. The number of allylic oxidation sites excluding steroid dienone is 38. The maximum absolute atomic E-state index is 9.12. The first kappa shape index (κ1) is 106. The highest BCUT2D eigenvalue weighted by Gasteiger charge is 2.07. The minimum atomic E-state index is 0.308.